The van der Waals surface area contributed by atoms with E-state index >= 15 is 0 Å². The number of hydrogen-bond donors (Lipinski definition) is 3. The molecule has 0 saturated heterocycles. The normalized spacial score (nSPS) is 22.3. The molecule has 2 atom stereocenters. The van der Waals surface area contributed by atoms with Crippen molar-refractivity contribution in [3.8, 4) is 0 Å². The highest BCUT2D eigenvalue weighted by atomic mass is 16.1. The lowest BCUT2D eigenvalue weighted by Crippen LogP contribution is -2.27. The average molecular weight is 275 g/mol. The number of amides is 1. The molecule has 1 aromatic rings. The molecule has 1 fully saturated rings. The highest BCUT2D eigenvalue weighted by Crippen LogP contribution is 2.28. The predicted octanol–water partition coefficient (Wildman–Crippen LogP) is 3.01. The number of anilines is 2. The van der Waals surface area contributed by atoms with Crippen LogP contribution in [0.5, 0.6) is 0 Å². The Hall–Kier alpha value is -1.71. The SMILES string of the molecule is CCNC(=O)c1ccc(N)c(NC2CCCC(C)C2)c1. The largest absolute Gasteiger partial charge is 0.397 e. The van der Waals surface area contributed by atoms with Gasteiger partial charge in [0.2, 0.25) is 0 Å². The third-order valence-electron chi connectivity index (χ3n) is 3.95. The fourth-order valence-electron chi connectivity index (χ4n) is 2.87. The topological polar surface area (TPSA) is 67.2 Å². The molecular formula is C16H25N3O. The summed E-state index contributed by atoms with van der Waals surface area (Å²) in [7, 11) is 0. The van der Waals surface area contributed by atoms with Gasteiger partial charge in [-0.2, -0.15) is 0 Å². The highest BCUT2D eigenvalue weighted by Gasteiger charge is 2.19. The summed E-state index contributed by atoms with van der Waals surface area (Å²) >= 11 is 0. The van der Waals surface area contributed by atoms with Crippen molar-refractivity contribution in [2.45, 2.75) is 45.6 Å². The molecule has 0 heterocycles. The van der Waals surface area contributed by atoms with Gasteiger partial charge in [0.15, 0.2) is 0 Å². The minimum atomic E-state index is -0.0486. The van der Waals surface area contributed by atoms with Crippen LogP contribution in [-0.2, 0) is 0 Å². The molecule has 1 aliphatic rings. The van der Waals surface area contributed by atoms with E-state index in [4.69, 9.17) is 5.73 Å². The smallest absolute Gasteiger partial charge is 0.251 e. The monoisotopic (exact) mass is 275 g/mol. The van der Waals surface area contributed by atoms with Crippen molar-refractivity contribution in [3.05, 3.63) is 23.8 Å². The van der Waals surface area contributed by atoms with Gasteiger partial charge in [-0.1, -0.05) is 19.8 Å². The fraction of sp³-hybridized carbons (Fsp3) is 0.562. The second-order valence-electron chi connectivity index (χ2n) is 5.77. The molecule has 1 saturated carbocycles. The molecule has 1 aliphatic carbocycles. The van der Waals surface area contributed by atoms with E-state index in [1.165, 1.54) is 25.7 Å². The zero-order chi connectivity index (χ0) is 14.5. The maximum atomic E-state index is 11.9. The number of benzene rings is 1. The molecule has 4 heteroatoms. The van der Waals surface area contributed by atoms with Crippen LogP contribution >= 0.6 is 0 Å². The zero-order valence-corrected chi connectivity index (χ0v) is 12.4. The molecule has 4 N–H and O–H groups in total. The summed E-state index contributed by atoms with van der Waals surface area (Å²) in [4.78, 5) is 11.9. The molecule has 20 heavy (non-hydrogen) atoms. The lowest BCUT2D eigenvalue weighted by molar-refractivity contribution is 0.0956. The van der Waals surface area contributed by atoms with Crippen molar-refractivity contribution in [1.29, 1.82) is 0 Å². The van der Waals surface area contributed by atoms with Gasteiger partial charge in [-0.05, 0) is 43.9 Å². The van der Waals surface area contributed by atoms with Crippen LogP contribution < -0.4 is 16.4 Å². The zero-order valence-electron chi connectivity index (χ0n) is 12.4. The summed E-state index contributed by atoms with van der Waals surface area (Å²) in [6.07, 6.45) is 4.92. The Morgan fingerprint density at radius 2 is 2.20 bits per heavy atom. The van der Waals surface area contributed by atoms with Crippen molar-refractivity contribution in [2.24, 2.45) is 5.92 Å². The summed E-state index contributed by atoms with van der Waals surface area (Å²) in [5, 5.41) is 6.32. The molecule has 2 rings (SSSR count). The Kier molecular flexibility index (Phi) is 4.88. The van der Waals surface area contributed by atoms with E-state index < -0.39 is 0 Å². The number of hydrogen-bond acceptors (Lipinski definition) is 3. The number of nitrogen functional groups attached to an aromatic ring is 1. The molecule has 0 spiro atoms. The van der Waals surface area contributed by atoms with E-state index in [9.17, 15) is 4.79 Å². The minimum Gasteiger partial charge on any atom is -0.397 e. The van der Waals surface area contributed by atoms with Gasteiger partial charge in [-0.25, -0.2) is 0 Å². The van der Waals surface area contributed by atoms with Crippen LogP contribution in [0.4, 0.5) is 11.4 Å². The van der Waals surface area contributed by atoms with Gasteiger partial charge in [0.1, 0.15) is 0 Å². The lowest BCUT2D eigenvalue weighted by atomic mass is 9.87. The Labute approximate surface area is 121 Å². The van der Waals surface area contributed by atoms with Crippen molar-refractivity contribution in [3.63, 3.8) is 0 Å². The van der Waals surface area contributed by atoms with E-state index in [0.29, 0.717) is 23.8 Å². The van der Waals surface area contributed by atoms with E-state index in [-0.39, 0.29) is 5.91 Å². The van der Waals surface area contributed by atoms with Gasteiger partial charge in [-0.3, -0.25) is 4.79 Å². The lowest BCUT2D eigenvalue weighted by Gasteiger charge is -2.28. The summed E-state index contributed by atoms with van der Waals surface area (Å²) < 4.78 is 0. The Balaban J connectivity index is 2.10. The number of carbonyl (C=O) groups excluding carboxylic acids is 1. The van der Waals surface area contributed by atoms with Gasteiger partial charge in [0.25, 0.3) is 5.91 Å². The Morgan fingerprint density at radius 1 is 1.40 bits per heavy atom. The molecular weight excluding hydrogens is 250 g/mol. The molecule has 0 aliphatic heterocycles. The third kappa shape index (κ3) is 3.65. The van der Waals surface area contributed by atoms with Crippen molar-refractivity contribution in [1.82, 2.24) is 5.32 Å². The first-order chi connectivity index (χ1) is 9.60. The number of carbonyl (C=O) groups is 1. The minimum absolute atomic E-state index is 0.0486. The van der Waals surface area contributed by atoms with Crippen LogP contribution in [0.15, 0.2) is 18.2 Å². The quantitative estimate of drug-likeness (QED) is 0.740. The Morgan fingerprint density at radius 3 is 2.90 bits per heavy atom. The standard InChI is InChI=1S/C16H25N3O/c1-3-18-16(20)12-7-8-14(17)15(10-12)19-13-6-4-5-11(2)9-13/h7-8,10-11,13,19H,3-6,9,17H2,1-2H3,(H,18,20). The summed E-state index contributed by atoms with van der Waals surface area (Å²) in [6, 6.07) is 5.90. The van der Waals surface area contributed by atoms with Gasteiger partial charge < -0.3 is 16.4 Å². The van der Waals surface area contributed by atoms with Crippen LogP contribution in [0, 0.1) is 5.92 Å². The second kappa shape index (κ2) is 6.64. The van der Waals surface area contributed by atoms with Crippen LogP contribution in [-0.4, -0.2) is 18.5 Å². The van der Waals surface area contributed by atoms with Crippen molar-refractivity contribution < 1.29 is 4.79 Å². The van der Waals surface area contributed by atoms with E-state index in [0.717, 1.165) is 11.6 Å². The predicted molar refractivity (Wildman–Crippen MR) is 83.9 cm³/mol. The average Bonchev–Trinajstić information content (AvgIpc) is 2.41. The van der Waals surface area contributed by atoms with Crippen LogP contribution in [0.2, 0.25) is 0 Å². The van der Waals surface area contributed by atoms with Crippen LogP contribution in [0.1, 0.15) is 49.9 Å². The van der Waals surface area contributed by atoms with Gasteiger partial charge in [0, 0.05) is 18.2 Å². The summed E-state index contributed by atoms with van der Waals surface area (Å²) in [6.45, 7) is 4.84. The molecule has 1 amide bonds. The third-order valence-corrected chi connectivity index (χ3v) is 3.95. The van der Waals surface area contributed by atoms with Gasteiger partial charge in [0.05, 0.1) is 11.4 Å². The number of nitrogens with two attached hydrogens (primary N) is 1. The van der Waals surface area contributed by atoms with Gasteiger partial charge in [-0.15, -0.1) is 0 Å². The van der Waals surface area contributed by atoms with Crippen molar-refractivity contribution >= 4 is 17.3 Å². The summed E-state index contributed by atoms with van der Waals surface area (Å²) in [5.41, 5.74) is 8.27. The first kappa shape index (κ1) is 14.7. The van der Waals surface area contributed by atoms with E-state index in [2.05, 4.69) is 17.6 Å². The molecule has 4 nitrogen and oxygen atoms in total. The number of nitrogens with one attached hydrogen (secondary N) is 2. The van der Waals surface area contributed by atoms with Crippen LogP contribution in [0.3, 0.4) is 0 Å². The van der Waals surface area contributed by atoms with Crippen LogP contribution in [0.25, 0.3) is 0 Å². The molecule has 0 radical (unpaired) electrons. The van der Waals surface area contributed by atoms with E-state index in [1.807, 2.05) is 13.0 Å². The van der Waals surface area contributed by atoms with Gasteiger partial charge >= 0.3 is 0 Å². The molecule has 0 aromatic heterocycles. The summed E-state index contributed by atoms with van der Waals surface area (Å²) in [5.74, 6) is 0.710. The first-order valence-electron chi connectivity index (χ1n) is 7.54. The number of rotatable bonds is 4. The first-order valence-corrected chi connectivity index (χ1v) is 7.54. The van der Waals surface area contributed by atoms with E-state index in [1.54, 1.807) is 12.1 Å². The molecule has 0 bridgehead atoms. The fourth-order valence-corrected chi connectivity index (χ4v) is 2.87. The molecule has 1 aromatic carbocycles. The molecule has 110 valence electrons. The second-order valence-corrected chi connectivity index (χ2v) is 5.77. The molecule has 2 unspecified atom stereocenters. The maximum Gasteiger partial charge on any atom is 0.251 e. The van der Waals surface area contributed by atoms with Crippen molar-refractivity contribution in [2.75, 3.05) is 17.6 Å². The highest BCUT2D eigenvalue weighted by molar-refractivity contribution is 5.96. The maximum absolute atomic E-state index is 11.9. The Bertz CT molecular complexity index is 473.